The lowest BCUT2D eigenvalue weighted by Crippen LogP contribution is -2.50. The van der Waals surface area contributed by atoms with Gasteiger partial charge in [0.05, 0.1) is 6.61 Å². The van der Waals surface area contributed by atoms with Crippen molar-refractivity contribution in [1.29, 1.82) is 0 Å². The monoisotopic (exact) mass is 311 g/mol. The Morgan fingerprint density at radius 2 is 1.55 bits per heavy atom. The third-order valence-electron chi connectivity index (χ3n) is 5.57. The largest absolute Gasteiger partial charge is 0.383 e. The second kappa shape index (κ2) is 11.5. The molecule has 0 saturated carbocycles. The van der Waals surface area contributed by atoms with Gasteiger partial charge in [0.1, 0.15) is 0 Å². The van der Waals surface area contributed by atoms with Gasteiger partial charge in [0.25, 0.3) is 0 Å². The number of rotatable bonds is 13. The van der Waals surface area contributed by atoms with Gasteiger partial charge >= 0.3 is 0 Å². The van der Waals surface area contributed by atoms with Crippen molar-refractivity contribution in [3.05, 3.63) is 0 Å². The van der Waals surface area contributed by atoms with E-state index in [2.05, 4.69) is 25.7 Å². The molecule has 0 aromatic rings. The molecule has 132 valence electrons. The molecule has 0 radical (unpaired) electrons. The topological polar surface area (TPSA) is 12.5 Å². The number of unbranched alkanes of at least 4 members (excludes halogenated alkanes) is 6. The zero-order valence-electron chi connectivity index (χ0n) is 15.8. The molecule has 1 aliphatic heterocycles. The van der Waals surface area contributed by atoms with Crippen molar-refractivity contribution in [2.45, 2.75) is 109 Å². The fraction of sp³-hybridized carbons (Fsp3) is 1.00. The number of hydrogen-bond acceptors (Lipinski definition) is 2. The minimum atomic E-state index is 0.404. The summed E-state index contributed by atoms with van der Waals surface area (Å²) in [5.74, 6) is 0. The first-order valence-corrected chi connectivity index (χ1v) is 9.93. The maximum atomic E-state index is 5.49. The summed E-state index contributed by atoms with van der Waals surface area (Å²) in [6, 6.07) is 0.660. The van der Waals surface area contributed by atoms with E-state index in [0.29, 0.717) is 11.6 Å². The van der Waals surface area contributed by atoms with Crippen molar-refractivity contribution < 1.29 is 4.74 Å². The fourth-order valence-electron chi connectivity index (χ4n) is 4.19. The summed E-state index contributed by atoms with van der Waals surface area (Å²) in [5, 5.41) is 0. The standard InChI is InChI=1S/C20H41NO/c1-5-7-9-10-12-16-20(3,15-11-8-6-2)21-17-13-14-19(21)18-22-4/h19H,5-18H2,1-4H3/t19-,20?/m1/s1. The molecule has 22 heavy (non-hydrogen) atoms. The molecule has 2 nitrogen and oxygen atoms in total. The van der Waals surface area contributed by atoms with Crippen LogP contribution >= 0.6 is 0 Å². The molecular weight excluding hydrogens is 270 g/mol. The molecule has 2 heteroatoms. The molecule has 1 saturated heterocycles. The summed E-state index contributed by atoms with van der Waals surface area (Å²) in [7, 11) is 1.86. The second-order valence-corrected chi connectivity index (χ2v) is 7.56. The Kier molecular flexibility index (Phi) is 10.4. The predicted octanol–water partition coefficient (Wildman–Crippen LogP) is 5.80. The molecule has 1 unspecified atom stereocenters. The van der Waals surface area contributed by atoms with Crippen LogP contribution in [0.4, 0.5) is 0 Å². The van der Waals surface area contributed by atoms with Gasteiger partial charge < -0.3 is 4.74 Å². The molecule has 0 amide bonds. The number of hydrogen-bond donors (Lipinski definition) is 0. The maximum Gasteiger partial charge on any atom is 0.0618 e. The Hall–Kier alpha value is -0.0800. The number of methoxy groups -OCH3 is 1. The summed E-state index contributed by atoms with van der Waals surface area (Å²) in [6.45, 7) is 9.35. The summed E-state index contributed by atoms with van der Waals surface area (Å²) in [4.78, 5) is 2.81. The number of nitrogens with zero attached hydrogens (tertiary/aromatic N) is 1. The summed E-state index contributed by atoms with van der Waals surface area (Å²) in [5.41, 5.74) is 0.404. The Morgan fingerprint density at radius 3 is 2.18 bits per heavy atom. The van der Waals surface area contributed by atoms with Gasteiger partial charge in [-0.3, -0.25) is 4.90 Å². The lowest BCUT2D eigenvalue weighted by atomic mass is 9.86. The molecule has 0 aromatic carbocycles. The van der Waals surface area contributed by atoms with Crippen LogP contribution in [0.2, 0.25) is 0 Å². The molecule has 0 N–H and O–H groups in total. The van der Waals surface area contributed by atoms with Crippen molar-refractivity contribution in [3.63, 3.8) is 0 Å². The third-order valence-corrected chi connectivity index (χ3v) is 5.57. The Labute approximate surface area is 140 Å². The van der Waals surface area contributed by atoms with E-state index in [1.54, 1.807) is 0 Å². The van der Waals surface area contributed by atoms with E-state index in [9.17, 15) is 0 Å². The van der Waals surface area contributed by atoms with Gasteiger partial charge in [-0.25, -0.2) is 0 Å². The van der Waals surface area contributed by atoms with Crippen LogP contribution in [-0.4, -0.2) is 36.7 Å². The van der Waals surface area contributed by atoms with Crippen molar-refractivity contribution in [3.8, 4) is 0 Å². The van der Waals surface area contributed by atoms with Crippen LogP contribution in [-0.2, 0) is 4.74 Å². The van der Waals surface area contributed by atoms with E-state index < -0.39 is 0 Å². The van der Waals surface area contributed by atoms with E-state index in [1.807, 2.05) is 7.11 Å². The first-order valence-electron chi connectivity index (χ1n) is 9.93. The Morgan fingerprint density at radius 1 is 0.955 bits per heavy atom. The first-order chi connectivity index (χ1) is 10.7. The first kappa shape index (κ1) is 20.0. The highest BCUT2D eigenvalue weighted by molar-refractivity contribution is 4.93. The van der Waals surface area contributed by atoms with E-state index >= 15 is 0 Å². The highest BCUT2D eigenvalue weighted by atomic mass is 16.5. The SMILES string of the molecule is CCCCCCCC(C)(CCCCC)N1CCC[C@@H]1COC. The van der Waals surface area contributed by atoms with Crippen LogP contribution in [0.15, 0.2) is 0 Å². The quantitative estimate of drug-likeness (QED) is 0.399. The molecular formula is C20H41NO. The van der Waals surface area contributed by atoms with Crippen molar-refractivity contribution in [1.82, 2.24) is 4.90 Å². The summed E-state index contributed by atoms with van der Waals surface area (Å²) >= 11 is 0. The average Bonchev–Trinajstić information content (AvgIpc) is 2.97. The van der Waals surface area contributed by atoms with Crippen molar-refractivity contribution >= 4 is 0 Å². The molecule has 0 aromatic heterocycles. The van der Waals surface area contributed by atoms with Crippen LogP contribution in [0, 0.1) is 0 Å². The van der Waals surface area contributed by atoms with E-state index in [4.69, 9.17) is 4.74 Å². The van der Waals surface area contributed by atoms with Crippen LogP contribution in [0.1, 0.15) is 97.8 Å². The zero-order valence-corrected chi connectivity index (χ0v) is 15.8. The van der Waals surface area contributed by atoms with Crippen LogP contribution in [0.5, 0.6) is 0 Å². The molecule has 2 atom stereocenters. The molecule has 0 spiro atoms. The molecule has 0 aliphatic carbocycles. The maximum absolute atomic E-state index is 5.49. The van der Waals surface area contributed by atoms with Gasteiger partial charge in [-0.2, -0.15) is 0 Å². The van der Waals surface area contributed by atoms with Crippen LogP contribution in [0.3, 0.4) is 0 Å². The number of likely N-dealkylation sites (tertiary alicyclic amines) is 1. The highest BCUT2D eigenvalue weighted by Gasteiger charge is 2.38. The smallest absolute Gasteiger partial charge is 0.0618 e. The van der Waals surface area contributed by atoms with E-state index in [1.165, 1.54) is 83.6 Å². The van der Waals surface area contributed by atoms with E-state index in [-0.39, 0.29) is 0 Å². The van der Waals surface area contributed by atoms with Gasteiger partial charge in [-0.15, -0.1) is 0 Å². The Bertz CT molecular complexity index is 268. The third kappa shape index (κ3) is 6.58. The lowest BCUT2D eigenvalue weighted by Gasteiger charge is -2.43. The van der Waals surface area contributed by atoms with Gasteiger partial charge in [-0.1, -0.05) is 65.2 Å². The van der Waals surface area contributed by atoms with Crippen molar-refractivity contribution in [2.24, 2.45) is 0 Å². The van der Waals surface area contributed by atoms with Crippen LogP contribution in [0.25, 0.3) is 0 Å². The minimum absolute atomic E-state index is 0.404. The van der Waals surface area contributed by atoms with Gasteiger partial charge in [-0.05, 0) is 39.2 Å². The van der Waals surface area contributed by atoms with Gasteiger partial charge in [0.15, 0.2) is 0 Å². The van der Waals surface area contributed by atoms with Crippen molar-refractivity contribution in [2.75, 3.05) is 20.3 Å². The molecule has 1 heterocycles. The molecule has 1 fully saturated rings. The van der Waals surface area contributed by atoms with E-state index in [0.717, 1.165) is 6.61 Å². The fourth-order valence-corrected chi connectivity index (χ4v) is 4.19. The second-order valence-electron chi connectivity index (χ2n) is 7.56. The van der Waals surface area contributed by atoms with Crippen LogP contribution < -0.4 is 0 Å². The zero-order chi connectivity index (χ0) is 16.3. The lowest BCUT2D eigenvalue weighted by molar-refractivity contribution is 0.0286. The minimum Gasteiger partial charge on any atom is -0.383 e. The highest BCUT2D eigenvalue weighted by Crippen LogP contribution is 2.35. The molecule has 1 aliphatic rings. The summed E-state index contributed by atoms with van der Waals surface area (Å²) in [6.07, 6.45) is 16.5. The Balaban J connectivity index is 2.55. The molecule has 1 rings (SSSR count). The number of ether oxygens (including phenoxy) is 1. The normalized spacial score (nSPS) is 22.1. The predicted molar refractivity (Wildman–Crippen MR) is 97.5 cm³/mol. The summed E-state index contributed by atoms with van der Waals surface area (Å²) < 4.78 is 5.49. The van der Waals surface area contributed by atoms with Gasteiger partial charge in [0, 0.05) is 18.7 Å². The average molecular weight is 312 g/mol. The van der Waals surface area contributed by atoms with Gasteiger partial charge in [0.2, 0.25) is 0 Å². The molecule has 0 bridgehead atoms.